The highest BCUT2D eigenvalue weighted by Gasteiger charge is 2.24. The molecule has 1 N–H and O–H groups in total. The van der Waals surface area contributed by atoms with Crippen LogP contribution in [0.1, 0.15) is 16.8 Å². The molecule has 0 fully saturated rings. The van der Waals surface area contributed by atoms with E-state index in [9.17, 15) is 9.59 Å². The number of rotatable bonds is 7. The van der Waals surface area contributed by atoms with E-state index in [1.807, 2.05) is 0 Å². The van der Waals surface area contributed by atoms with E-state index in [4.69, 9.17) is 9.47 Å². The maximum Gasteiger partial charge on any atom is 0.307 e. The second-order valence-corrected chi connectivity index (χ2v) is 4.05. The summed E-state index contributed by atoms with van der Waals surface area (Å²) in [6, 6.07) is 4.24. The van der Waals surface area contributed by atoms with E-state index in [0.717, 1.165) is 0 Å². The highest BCUT2D eigenvalue weighted by atomic mass is 16.5. The van der Waals surface area contributed by atoms with Gasteiger partial charge >= 0.3 is 5.97 Å². The van der Waals surface area contributed by atoms with Crippen molar-refractivity contribution in [2.24, 2.45) is 0 Å². The molecule has 0 spiro atoms. The van der Waals surface area contributed by atoms with Crippen molar-refractivity contribution < 1.29 is 23.8 Å². The molecule has 110 valence electrons. The SMILES string of the molecule is CNC(CC(=O)OC)C(=O)c1ccc(OC)cc1OC. The quantitative estimate of drug-likeness (QED) is 0.594. The van der Waals surface area contributed by atoms with Crippen LogP contribution in [0.15, 0.2) is 18.2 Å². The number of esters is 1. The molecule has 1 rings (SSSR count). The third-order valence-electron chi connectivity index (χ3n) is 2.94. The maximum atomic E-state index is 12.4. The van der Waals surface area contributed by atoms with Crippen LogP contribution in [0.25, 0.3) is 0 Å². The number of carbonyl (C=O) groups is 2. The number of nitrogens with one attached hydrogen (secondary N) is 1. The lowest BCUT2D eigenvalue weighted by atomic mass is 10.0. The molecule has 20 heavy (non-hydrogen) atoms. The Hall–Kier alpha value is -2.08. The molecular formula is C14H19NO5. The molecule has 0 radical (unpaired) electrons. The van der Waals surface area contributed by atoms with Crippen molar-refractivity contribution in [2.75, 3.05) is 28.4 Å². The number of benzene rings is 1. The summed E-state index contributed by atoms with van der Waals surface area (Å²) in [7, 11) is 5.90. The van der Waals surface area contributed by atoms with E-state index in [-0.39, 0.29) is 12.2 Å². The number of methoxy groups -OCH3 is 3. The lowest BCUT2D eigenvalue weighted by molar-refractivity contribution is -0.140. The number of carbonyl (C=O) groups excluding carboxylic acids is 2. The minimum Gasteiger partial charge on any atom is -0.497 e. The summed E-state index contributed by atoms with van der Waals surface area (Å²) < 4.78 is 14.8. The molecule has 6 heteroatoms. The molecular weight excluding hydrogens is 262 g/mol. The molecule has 1 atom stereocenters. The zero-order valence-electron chi connectivity index (χ0n) is 12.1. The van der Waals surface area contributed by atoms with Crippen LogP contribution < -0.4 is 14.8 Å². The number of ether oxygens (including phenoxy) is 3. The Kier molecular flexibility index (Phi) is 5.99. The molecule has 0 heterocycles. The number of hydrogen-bond donors (Lipinski definition) is 1. The van der Waals surface area contributed by atoms with E-state index in [0.29, 0.717) is 17.1 Å². The molecule has 0 aliphatic rings. The largest absolute Gasteiger partial charge is 0.497 e. The molecule has 0 saturated heterocycles. The minimum absolute atomic E-state index is 0.0407. The van der Waals surface area contributed by atoms with Gasteiger partial charge in [0.25, 0.3) is 0 Å². The van der Waals surface area contributed by atoms with Crippen molar-refractivity contribution in [3.8, 4) is 11.5 Å². The van der Waals surface area contributed by atoms with Gasteiger partial charge in [0, 0.05) is 6.07 Å². The molecule has 0 aliphatic heterocycles. The third-order valence-corrected chi connectivity index (χ3v) is 2.94. The standard InChI is InChI=1S/C14H19NO5/c1-15-11(8-13(16)20-4)14(17)10-6-5-9(18-2)7-12(10)19-3/h5-7,11,15H,8H2,1-4H3. The van der Waals surface area contributed by atoms with Crippen LogP contribution in [0, 0.1) is 0 Å². The summed E-state index contributed by atoms with van der Waals surface area (Å²) in [5.41, 5.74) is 0.386. The second-order valence-electron chi connectivity index (χ2n) is 4.05. The Bertz CT molecular complexity index is 486. The molecule has 6 nitrogen and oxygen atoms in total. The zero-order valence-corrected chi connectivity index (χ0v) is 12.1. The van der Waals surface area contributed by atoms with E-state index in [2.05, 4.69) is 10.1 Å². The maximum absolute atomic E-state index is 12.4. The number of likely N-dealkylation sites (N-methyl/N-ethyl adjacent to an activating group) is 1. The zero-order chi connectivity index (χ0) is 15.1. The van der Waals surface area contributed by atoms with Crippen LogP contribution in [0.4, 0.5) is 0 Å². The van der Waals surface area contributed by atoms with Gasteiger partial charge in [-0.3, -0.25) is 9.59 Å². The van der Waals surface area contributed by atoms with Crippen LogP contribution in [0.3, 0.4) is 0 Å². The molecule has 0 aliphatic carbocycles. The molecule has 0 bridgehead atoms. The normalized spacial score (nSPS) is 11.6. The van der Waals surface area contributed by atoms with Gasteiger partial charge in [0.2, 0.25) is 0 Å². The Morgan fingerprint density at radius 2 is 1.90 bits per heavy atom. The first kappa shape index (κ1) is 16.0. The van der Waals surface area contributed by atoms with Crippen LogP contribution >= 0.6 is 0 Å². The molecule has 1 unspecified atom stereocenters. The molecule has 0 saturated carbocycles. The third kappa shape index (κ3) is 3.71. The van der Waals surface area contributed by atoms with Gasteiger partial charge in [-0.15, -0.1) is 0 Å². The van der Waals surface area contributed by atoms with Crippen molar-refractivity contribution in [3.05, 3.63) is 23.8 Å². The van der Waals surface area contributed by atoms with E-state index in [1.165, 1.54) is 21.3 Å². The van der Waals surface area contributed by atoms with E-state index in [1.54, 1.807) is 25.2 Å². The molecule has 1 aromatic carbocycles. The van der Waals surface area contributed by atoms with Gasteiger partial charge in [-0.05, 0) is 19.2 Å². The summed E-state index contributed by atoms with van der Waals surface area (Å²) in [6.07, 6.45) is -0.0407. The fourth-order valence-electron chi connectivity index (χ4n) is 1.77. The van der Waals surface area contributed by atoms with Crippen LogP contribution in [0.5, 0.6) is 11.5 Å². The fourth-order valence-corrected chi connectivity index (χ4v) is 1.77. The lowest BCUT2D eigenvalue weighted by Crippen LogP contribution is -2.36. The fraction of sp³-hybridized carbons (Fsp3) is 0.429. The van der Waals surface area contributed by atoms with Gasteiger partial charge < -0.3 is 19.5 Å². The summed E-state index contributed by atoms with van der Waals surface area (Å²) in [4.78, 5) is 23.7. The van der Waals surface area contributed by atoms with Crippen molar-refractivity contribution >= 4 is 11.8 Å². The van der Waals surface area contributed by atoms with Gasteiger partial charge in [0.15, 0.2) is 5.78 Å². The second kappa shape index (κ2) is 7.49. The van der Waals surface area contributed by atoms with Crippen LogP contribution in [-0.4, -0.2) is 46.2 Å². The number of Topliss-reactive ketones (excluding diaryl/α,β-unsaturated/α-hetero) is 1. The average Bonchev–Trinajstić information content (AvgIpc) is 2.50. The Balaban J connectivity index is 3.02. The van der Waals surface area contributed by atoms with Crippen molar-refractivity contribution in [1.82, 2.24) is 5.32 Å². The van der Waals surface area contributed by atoms with E-state index < -0.39 is 12.0 Å². The first-order chi connectivity index (χ1) is 9.57. The first-order valence-corrected chi connectivity index (χ1v) is 6.07. The Labute approximate surface area is 118 Å². The molecule has 0 amide bonds. The van der Waals surface area contributed by atoms with Gasteiger partial charge in [-0.25, -0.2) is 0 Å². The number of ketones is 1. The molecule has 0 aromatic heterocycles. The van der Waals surface area contributed by atoms with Crippen molar-refractivity contribution in [2.45, 2.75) is 12.5 Å². The Morgan fingerprint density at radius 1 is 1.20 bits per heavy atom. The minimum atomic E-state index is -0.662. The summed E-state index contributed by atoms with van der Waals surface area (Å²) in [6.45, 7) is 0. The summed E-state index contributed by atoms with van der Waals surface area (Å²) in [5.74, 6) is 0.300. The van der Waals surface area contributed by atoms with Crippen molar-refractivity contribution in [3.63, 3.8) is 0 Å². The van der Waals surface area contributed by atoms with Gasteiger partial charge in [0.1, 0.15) is 11.5 Å². The monoisotopic (exact) mass is 281 g/mol. The van der Waals surface area contributed by atoms with Crippen molar-refractivity contribution in [1.29, 1.82) is 0 Å². The van der Waals surface area contributed by atoms with Crippen LogP contribution in [-0.2, 0) is 9.53 Å². The smallest absolute Gasteiger partial charge is 0.307 e. The highest BCUT2D eigenvalue weighted by Crippen LogP contribution is 2.26. The molecule has 1 aromatic rings. The van der Waals surface area contributed by atoms with Gasteiger partial charge in [0.05, 0.1) is 39.4 Å². The topological polar surface area (TPSA) is 73.9 Å². The predicted molar refractivity (Wildman–Crippen MR) is 73.4 cm³/mol. The summed E-state index contributed by atoms with van der Waals surface area (Å²) >= 11 is 0. The van der Waals surface area contributed by atoms with E-state index >= 15 is 0 Å². The van der Waals surface area contributed by atoms with Crippen LogP contribution in [0.2, 0.25) is 0 Å². The average molecular weight is 281 g/mol. The van der Waals surface area contributed by atoms with Gasteiger partial charge in [-0.1, -0.05) is 0 Å². The Morgan fingerprint density at radius 3 is 2.40 bits per heavy atom. The first-order valence-electron chi connectivity index (χ1n) is 6.07. The highest BCUT2D eigenvalue weighted by molar-refractivity contribution is 6.04. The van der Waals surface area contributed by atoms with Gasteiger partial charge in [-0.2, -0.15) is 0 Å². The lowest BCUT2D eigenvalue weighted by Gasteiger charge is -2.16. The summed E-state index contributed by atoms with van der Waals surface area (Å²) in [5, 5.41) is 2.81. The number of hydrogen-bond acceptors (Lipinski definition) is 6. The predicted octanol–water partition coefficient (Wildman–Crippen LogP) is 1.04.